The summed E-state index contributed by atoms with van der Waals surface area (Å²) in [4.78, 5) is 17.1. The number of hydrogen-bond donors (Lipinski definition) is 2. The summed E-state index contributed by atoms with van der Waals surface area (Å²) >= 11 is 0. The first-order valence-electron chi connectivity index (χ1n) is 9.45. The van der Waals surface area contributed by atoms with Crippen molar-refractivity contribution in [3.05, 3.63) is 54.3 Å². The van der Waals surface area contributed by atoms with E-state index in [1.807, 2.05) is 12.1 Å². The van der Waals surface area contributed by atoms with Crippen molar-refractivity contribution in [2.75, 3.05) is 48.3 Å². The van der Waals surface area contributed by atoms with Gasteiger partial charge in [-0.2, -0.15) is 0 Å². The minimum atomic E-state index is -0.408. The highest BCUT2D eigenvalue weighted by Crippen LogP contribution is 2.20. The number of hydrogen-bond acceptors (Lipinski definition) is 4. The number of likely N-dealkylation sites (N-methyl/N-ethyl adjacent to an activating group) is 1. The zero-order valence-electron chi connectivity index (χ0n) is 15.9. The van der Waals surface area contributed by atoms with Crippen molar-refractivity contribution in [3.63, 3.8) is 0 Å². The summed E-state index contributed by atoms with van der Waals surface area (Å²) in [5, 5.41) is 5.99. The Morgan fingerprint density at radius 1 is 1.00 bits per heavy atom. The van der Waals surface area contributed by atoms with E-state index in [9.17, 15) is 9.18 Å². The second-order valence-electron chi connectivity index (χ2n) is 6.83. The van der Waals surface area contributed by atoms with Crippen LogP contribution in [0.5, 0.6) is 0 Å². The Balaban J connectivity index is 1.52. The van der Waals surface area contributed by atoms with E-state index in [0.29, 0.717) is 5.69 Å². The molecule has 6 heteroatoms. The Bertz CT molecular complexity index is 740. The number of rotatable bonds is 6. The van der Waals surface area contributed by atoms with Crippen molar-refractivity contribution in [1.29, 1.82) is 0 Å². The molecule has 2 aromatic carbocycles. The third-order valence-corrected chi connectivity index (χ3v) is 4.94. The van der Waals surface area contributed by atoms with Crippen molar-refractivity contribution in [2.24, 2.45) is 0 Å². The summed E-state index contributed by atoms with van der Waals surface area (Å²) in [6, 6.07) is 13.5. The van der Waals surface area contributed by atoms with Gasteiger partial charge in [0.25, 0.3) is 0 Å². The summed E-state index contributed by atoms with van der Waals surface area (Å²) in [5.74, 6) is -0.489. The predicted octanol–water partition coefficient (Wildman–Crippen LogP) is 3.41. The molecule has 0 aliphatic carbocycles. The van der Waals surface area contributed by atoms with Crippen molar-refractivity contribution < 1.29 is 9.18 Å². The standard InChI is InChI=1S/C21H27FN4O/c1-3-25-12-14-26(15-13-25)20-10-8-18(9-11-20)23-16(2)21(27)24-19-6-4-17(22)5-7-19/h4-11,16,23H,3,12-15H2,1-2H3,(H,24,27)/t16-/m1/s1. The lowest BCUT2D eigenvalue weighted by Crippen LogP contribution is -2.46. The second kappa shape index (κ2) is 8.86. The number of piperazine rings is 1. The van der Waals surface area contributed by atoms with Crippen LogP contribution in [0.2, 0.25) is 0 Å². The largest absolute Gasteiger partial charge is 0.374 e. The molecule has 0 aromatic heterocycles. The number of amides is 1. The van der Waals surface area contributed by atoms with Crippen molar-refractivity contribution in [3.8, 4) is 0 Å². The van der Waals surface area contributed by atoms with Gasteiger partial charge in [-0.3, -0.25) is 4.79 Å². The molecular weight excluding hydrogens is 343 g/mol. The number of carbonyl (C=O) groups excluding carboxylic acids is 1. The summed E-state index contributed by atoms with van der Waals surface area (Å²) < 4.78 is 12.9. The van der Waals surface area contributed by atoms with Crippen LogP contribution < -0.4 is 15.5 Å². The molecule has 1 heterocycles. The minimum absolute atomic E-state index is 0.165. The van der Waals surface area contributed by atoms with E-state index in [0.717, 1.165) is 38.4 Å². The SMILES string of the molecule is CCN1CCN(c2ccc(N[C@H](C)C(=O)Nc3ccc(F)cc3)cc2)CC1. The third-order valence-electron chi connectivity index (χ3n) is 4.94. The first-order valence-corrected chi connectivity index (χ1v) is 9.45. The predicted molar refractivity (Wildman–Crippen MR) is 109 cm³/mol. The van der Waals surface area contributed by atoms with Gasteiger partial charge in [0.15, 0.2) is 0 Å². The Kier molecular flexibility index (Phi) is 6.29. The number of carbonyl (C=O) groups is 1. The lowest BCUT2D eigenvalue weighted by Gasteiger charge is -2.35. The van der Waals surface area contributed by atoms with E-state index in [2.05, 4.69) is 39.5 Å². The summed E-state index contributed by atoms with van der Waals surface area (Å²) in [6.07, 6.45) is 0. The van der Waals surface area contributed by atoms with E-state index in [-0.39, 0.29) is 11.7 Å². The fourth-order valence-corrected chi connectivity index (χ4v) is 3.19. The van der Waals surface area contributed by atoms with Gasteiger partial charge in [-0.25, -0.2) is 4.39 Å². The quantitative estimate of drug-likeness (QED) is 0.818. The highest BCUT2D eigenvalue weighted by molar-refractivity contribution is 5.96. The Morgan fingerprint density at radius 3 is 2.19 bits per heavy atom. The van der Waals surface area contributed by atoms with Crippen LogP contribution in [0.1, 0.15) is 13.8 Å². The maximum absolute atomic E-state index is 12.9. The summed E-state index contributed by atoms with van der Waals surface area (Å²) in [5.41, 5.74) is 2.68. The van der Waals surface area contributed by atoms with Crippen molar-refractivity contribution >= 4 is 23.0 Å². The number of nitrogens with one attached hydrogen (secondary N) is 2. The zero-order chi connectivity index (χ0) is 19.2. The number of nitrogens with zero attached hydrogens (tertiary/aromatic N) is 2. The van der Waals surface area contributed by atoms with Crippen LogP contribution in [0.25, 0.3) is 0 Å². The van der Waals surface area contributed by atoms with Crippen molar-refractivity contribution in [1.82, 2.24) is 4.90 Å². The van der Waals surface area contributed by atoms with Gasteiger partial charge in [-0.05, 0) is 62.0 Å². The molecule has 0 radical (unpaired) electrons. The average molecular weight is 370 g/mol. The fraction of sp³-hybridized carbons (Fsp3) is 0.381. The van der Waals surface area contributed by atoms with Crippen LogP contribution in [0.4, 0.5) is 21.5 Å². The van der Waals surface area contributed by atoms with E-state index < -0.39 is 6.04 Å². The van der Waals surface area contributed by atoms with Gasteiger partial charge in [0.2, 0.25) is 5.91 Å². The molecular formula is C21H27FN4O. The first kappa shape index (κ1) is 19.2. The number of anilines is 3. The molecule has 0 unspecified atom stereocenters. The highest BCUT2D eigenvalue weighted by Gasteiger charge is 2.16. The molecule has 1 amide bonds. The maximum Gasteiger partial charge on any atom is 0.246 e. The maximum atomic E-state index is 12.9. The van der Waals surface area contributed by atoms with Crippen LogP contribution in [0.15, 0.2) is 48.5 Å². The van der Waals surface area contributed by atoms with E-state index in [4.69, 9.17) is 0 Å². The van der Waals surface area contributed by atoms with E-state index in [1.165, 1.54) is 17.8 Å². The highest BCUT2D eigenvalue weighted by atomic mass is 19.1. The van der Waals surface area contributed by atoms with Crippen LogP contribution in [0.3, 0.4) is 0 Å². The molecule has 0 saturated carbocycles. The van der Waals surface area contributed by atoms with Crippen LogP contribution >= 0.6 is 0 Å². The lowest BCUT2D eigenvalue weighted by atomic mass is 10.2. The van der Waals surface area contributed by atoms with Crippen LogP contribution in [-0.2, 0) is 4.79 Å². The first-order chi connectivity index (χ1) is 13.0. The smallest absolute Gasteiger partial charge is 0.246 e. The molecule has 0 spiro atoms. The molecule has 0 bridgehead atoms. The molecule has 1 aliphatic heterocycles. The summed E-state index contributed by atoms with van der Waals surface area (Å²) in [6.45, 7) is 9.37. The second-order valence-corrected chi connectivity index (χ2v) is 6.83. The van der Waals surface area contributed by atoms with Crippen molar-refractivity contribution in [2.45, 2.75) is 19.9 Å². The molecule has 2 aromatic rings. The molecule has 144 valence electrons. The molecule has 1 fully saturated rings. The number of halogens is 1. The Hall–Kier alpha value is -2.60. The van der Waals surface area contributed by atoms with Gasteiger partial charge >= 0.3 is 0 Å². The topological polar surface area (TPSA) is 47.6 Å². The third kappa shape index (κ3) is 5.20. The normalized spacial score (nSPS) is 16.0. The molecule has 2 N–H and O–H groups in total. The monoisotopic (exact) mass is 370 g/mol. The van der Waals surface area contributed by atoms with Gasteiger partial charge in [0, 0.05) is 43.2 Å². The summed E-state index contributed by atoms with van der Waals surface area (Å²) in [7, 11) is 0. The van der Waals surface area contributed by atoms with Gasteiger partial charge in [0.05, 0.1) is 0 Å². The Labute approximate surface area is 160 Å². The zero-order valence-corrected chi connectivity index (χ0v) is 15.9. The molecule has 1 saturated heterocycles. The van der Waals surface area contributed by atoms with E-state index >= 15 is 0 Å². The molecule has 1 atom stereocenters. The lowest BCUT2D eigenvalue weighted by molar-refractivity contribution is -0.116. The average Bonchev–Trinajstić information content (AvgIpc) is 2.70. The minimum Gasteiger partial charge on any atom is -0.374 e. The fourth-order valence-electron chi connectivity index (χ4n) is 3.19. The Morgan fingerprint density at radius 2 is 1.59 bits per heavy atom. The van der Waals surface area contributed by atoms with Gasteiger partial charge in [0.1, 0.15) is 11.9 Å². The van der Waals surface area contributed by atoms with E-state index in [1.54, 1.807) is 19.1 Å². The number of benzene rings is 2. The van der Waals surface area contributed by atoms with Crippen LogP contribution in [-0.4, -0.2) is 49.6 Å². The molecule has 1 aliphatic rings. The molecule has 27 heavy (non-hydrogen) atoms. The van der Waals surface area contributed by atoms with Crippen LogP contribution in [0, 0.1) is 5.82 Å². The molecule has 3 rings (SSSR count). The molecule has 5 nitrogen and oxygen atoms in total. The van der Waals surface area contributed by atoms with Gasteiger partial charge < -0.3 is 20.4 Å². The van der Waals surface area contributed by atoms with Gasteiger partial charge in [-0.15, -0.1) is 0 Å². The van der Waals surface area contributed by atoms with Gasteiger partial charge in [-0.1, -0.05) is 6.92 Å².